The summed E-state index contributed by atoms with van der Waals surface area (Å²) in [6.45, 7) is 6.47. The molecule has 0 unspecified atom stereocenters. The van der Waals surface area contributed by atoms with Crippen molar-refractivity contribution in [2.45, 2.75) is 33.6 Å². The van der Waals surface area contributed by atoms with Crippen molar-refractivity contribution >= 4 is 11.3 Å². The van der Waals surface area contributed by atoms with Crippen LogP contribution in [0.3, 0.4) is 0 Å². The Morgan fingerprint density at radius 1 is 1.21 bits per heavy atom. The van der Waals surface area contributed by atoms with Crippen molar-refractivity contribution in [2.75, 3.05) is 0 Å². The average Bonchev–Trinajstić information content (AvgIpc) is 2.41. The average molecular weight is 253 g/mol. The highest BCUT2D eigenvalue weighted by molar-refractivity contribution is 6.08. The summed E-state index contributed by atoms with van der Waals surface area (Å²) in [6.07, 6.45) is 6.05. The summed E-state index contributed by atoms with van der Waals surface area (Å²) in [5, 5.41) is 4.30. The minimum atomic E-state index is -0.101. The van der Waals surface area contributed by atoms with Gasteiger partial charge in [-0.2, -0.15) is 0 Å². The summed E-state index contributed by atoms with van der Waals surface area (Å²) in [7, 11) is 0. The molecule has 2 heteroatoms. The SMILES string of the molecule is C/C=C/C1=NOC2=C(c3ccccc3CC2)C1(C)C. The van der Waals surface area contributed by atoms with Gasteiger partial charge in [0.2, 0.25) is 0 Å². The van der Waals surface area contributed by atoms with E-state index in [1.165, 1.54) is 16.7 Å². The molecule has 0 atom stereocenters. The van der Waals surface area contributed by atoms with Gasteiger partial charge in [-0.1, -0.05) is 35.5 Å². The van der Waals surface area contributed by atoms with Crippen LogP contribution in [0.1, 0.15) is 38.3 Å². The van der Waals surface area contributed by atoms with E-state index in [0.717, 1.165) is 24.3 Å². The molecule has 98 valence electrons. The molecule has 0 aromatic heterocycles. The van der Waals surface area contributed by atoms with Gasteiger partial charge in [0, 0.05) is 17.4 Å². The van der Waals surface area contributed by atoms with Gasteiger partial charge in [-0.3, -0.25) is 0 Å². The lowest BCUT2D eigenvalue weighted by Gasteiger charge is -2.36. The van der Waals surface area contributed by atoms with Gasteiger partial charge in [-0.05, 0) is 44.4 Å². The third-order valence-corrected chi connectivity index (χ3v) is 4.03. The van der Waals surface area contributed by atoms with Crippen LogP contribution in [0.5, 0.6) is 0 Å². The Bertz CT molecular complexity index is 605. The van der Waals surface area contributed by atoms with Crippen LogP contribution in [0.25, 0.3) is 5.57 Å². The first-order chi connectivity index (χ1) is 9.14. The number of nitrogens with zero attached hydrogens (tertiary/aromatic N) is 1. The van der Waals surface area contributed by atoms with Crippen molar-refractivity contribution < 1.29 is 4.84 Å². The number of fused-ring (bicyclic) bond motifs is 2. The molecule has 3 rings (SSSR count). The van der Waals surface area contributed by atoms with Gasteiger partial charge in [-0.15, -0.1) is 0 Å². The molecule has 0 bridgehead atoms. The molecule has 0 saturated heterocycles. The van der Waals surface area contributed by atoms with E-state index in [-0.39, 0.29) is 5.41 Å². The number of rotatable bonds is 1. The molecule has 2 aliphatic rings. The molecule has 1 aliphatic heterocycles. The zero-order chi connectivity index (χ0) is 13.5. The van der Waals surface area contributed by atoms with E-state index in [4.69, 9.17) is 4.84 Å². The fraction of sp³-hybridized carbons (Fsp3) is 0.353. The zero-order valence-electron chi connectivity index (χ0n) is 11.7. The Hall–Kier alpha value is -1.83. The fourth-order valence-electron chi connectivity index (χ4n) is 3.03. The van der Waals surface area contributed by atoms with Gasteiger partial charge >= 0.3 is 0 Å². The number of aryl methyl sites for hydroxylation is 1. The first kappa shape index (κ1) is 12.2. The highest BCUT2D eigenvalue weighted by Gasteiger charge is 2.38. The second-order valence-corrected chi connectivity index (χ2v) is 5.65. The molecule has 1 aromatic rings. The van der Waals surface area contributed by atoms with E-state index in [2.05, 4.69) is 43.3 Å². The molecule has 0 fully saturated rings. The zero-order valence-corrected chi connectivity index (χ0v) is 11.7. The van der Waals surface area contributed by atoms with Crippen molar-refractivity contribution in [3.63, 3.8) is 0 Å². The number of hydrogen-bond donors (Lipinski definition) is 0. The van der Waals surface area contributed by atoms with E-state index in [1.54, 1.807) is 0 Å². The minimum absolute atomic E-state index is 0.101. The Morgan fingerprint density at radius 3 is 2.79 bits per heavy atom. The summed E-state index contributed by atoms with van der Waals surface area (Å²) in [6, 6.07) is 8.64. The Morgan fingerprint density at radius 2 is 2.00 bits per heavy atom. The Kier molecular flexibility index (Phi) is 2.81. The van der Waals surface area contributed by atoms with E-state index < -0.39 is 0 Å². The van der Waals surface area contributed by atoms with Crippen LogP contribution in [0.15, 0.2) is 47.3 Å². The van der Waals surface area contributed by atoms with E-state index in [9.17, 15) is 0 Å². The topological polar surface area (TPSA) is 21.6 Å². The van der Waals surface area contributed by atoms with Crippen LogP contribution in [0, 0.1) is 5.41 Å². The second-order valence-electron chi connectivity index (χ2n) is 5.65. The number of benzene rings is 1. The molecule has 1 heterocycles. The monoisotopic (exact) mass is 253 g/mol. The fourth-order valence-corrected chi connectivity index (χ4v) is 3.03. The normalized spacial score (nSPS) is 20.7. The molecule has 1 aromatic carbocycles. The lowest BCUT2D eigenvalue weighted by atomic mass is 9.71. The molecular formula is C17H19NO. The van der Waals surface area contributed by atoms with Crippen LogP contribution in [0.4, 0.5) is 0 Å². The summed E-state index contributed by atoms with van der Waals surface area (Å²) >= 11 is 0. The highest BCUT2D eigenvalue weighted by atomic mass is 16.6. The first-order valence-corrected chi connectivity index (χ1v) is 6.84. The maximum atomic E-state index is 5.66. The van der Waals surface area contributed by atoms with Gasteiger partial charge < -0.3 is 4.84 Å². The van der Waals surface area contributed by atoms with Gasteiger partial charge in [-0.25, -0.2) is 0 Å². The maximum absolute atomic E-state index is 5.66. The number of hydrogen-bond acceptors (Lipinski definition) is 2. The predicted octanol–water partition coefficient (Wildman–Crippen LogP) is 4.33. The van der Waals surface area contributed by atoms with E-state index >= 15 is 0 Å². The predicted molar refractivity (Wildman–Crippen MR) is 78.8 cm³/mol. The molecular weight excluding hydrogens is 234 g/mol. The van der Waals surface area contributed by atoms with Crippen molar-refractivity contribution in [1.29, 1.82) is 0 Å². The van der Waals surface area contributed by atoms with Crippen molar-refractivity contribution in [3.8, 4) is 0 Å². The van der Waals surface area contributed by atoms with E-state index in [1.807, 2.05) is 19.1 Å². The molecule has 2 nitrogen and oxygen atoms in total. The largest absolute Gasteiger partial charge is 0.361 e. The molecule has 0 amide bonds. The van der Waals surface area contributed by atoms with Crippen molar-refractivity contribution in [1.82, 2.24) is 0 Å². The first-order valence-electron chi connectivity index (χ1n) is 6.84. The maximum Gasteiger partial charge on any atom is 0.140 e. The summed E-state index contributed by atoms with van der Waals surface area (Å²) in [4.78, 5) is 5.66. The van der Waals surface area contributed by atoms with Gasteiger partial charge in [0.1, 0.15) is 5.76 Å². The van der Waals surface area contributed by atoms with Gasteiger partial charge in [0.15, 0.2) is 0 Å². The molecule has 19 heavy (non-hydrogen) atoms. The summed E-state index contributed by atoms with van der Waals surface area (Å²) in [5.41, 5.74) is 4.93. The molecule has 0 radical (unpaired) electrons. The van der Waals surface area contributed by atoms with Gasteiger partial charge in [0.05, 0.1) is 5.71 Å². The van der Waals surface area contributed by atoms with Crippen LogP contribution >= 0.6 is 0 Å². The van der Waals surface area contributed by atoms with Crippen LogP contribution in [0.2, 0.25) is 0 Å². The number of allylic oxidation sites excluding steroid dienone is 4. The van der Waals surface area contributed by atoms with E-state index in [0.29, 0.717) is 0 Å². The third-order valence-electron chi connectivity index (χ3n) is 4.03. The van der Waals surface area contributed by atoms with Crippen LogP contribution < -0.4 is 0 Å². The van der Waals surface area contributed by atoms with Gasteiger partial charge in [0.25, 0.3) is 0 Å². The smallest absolute Gasteiger partial charge is 0.140 e. The quantitative estimate of drug-likeness (QED) is 0.730. The van der Waals surface area contributed by atoms with Crippen LogP contribution in [-0.4, -0.2) is 5.71 Å². The second kappa shape index (κ2) is 4.37. The minimum Gasteiger partial charge on any atom is -0.361 e. The van der Waals surface area contributed by atoms with Crippen molar-refractivity contribution in [2.24, 2.45) is 10.6 Å². The lowest BCUT2D eigenvalue weighted by molar-refractivity contribution is 0.203. The molecule has 1 aliphatic carbocycles. The Balaban J connectivity index is 2.16. The summed E-state index contributed by atoms with van der Waals surface area (Å²) in [5.74, 6) is 1.04. The lowest BCUT2D eigenvalue weighted by Crippen LogP contribution is -2.31. The molecule has 0 saturated carbocycles. The third kappa shape index (κ3) is 1.83. The summed E-state index contributed by atoms with van der Waals surface area (Å²) < 4.78 is 0. The standard InChI is InChI=1S/C17H19NO/c1-4-7-15-17(2,3)16-13-9-6-5-8-12(13)10-11-14(16)19-18-15/h4-9H,10-11H2,1-3H3/b7-4+. The number of oxime groups is 1. The molecule has 0 N–H and O–H groups in total. The Labute approximate surface area is 114 Å². The highest BCUT2D eigenvalue weighted by Crippen LogP contribution is 2.46. The van der Waals surface area contributed by atoms with Crippen molar-refractivity contribution in [3.05, 3.63) is 53.3 Å². The molecule has 0 spiro atoms. The van der Waals surface area contributed by atoms with Crippen LogP contribution in [-0.2, 0) is 11.3 Å².